The molecule has 5 heteroatoms. The number of carbonyl (C=O) groups excluding carboxylic acids is 1. The van der Waals surface area contributed by atoms with Crippen LogP contribution in [0.4, 0.5) is 0 Å². The molecule has 3 nitrogen and oxygen atoms in total. The van der Waals surface area contributed by atoms with Crippen LogP contribution in [0.5, 0.6) is 0 Å². The predicted molar refractivity (Wildman–Crippen MR) is 91.3 cm³/mol. The molecule has 110 valence electrons. The highest BCUT2D eigenvalue weighted by atomic mass is 79.9. The van der Waals surface area contributed by atoms with E-state index >= 15 is 0 Å². The molecule has 0 spiro atoms. The van der Waals surface area contributed by atoms with Gasteiger partial charge < -0.3 is 9.90 Å². The molecule has 0 saturated carbocycles. The normalized spacial score (nSPS) is 11.8. The number of hydrogen-bond acceptors (Lipinski definition) is 4. The minimum atomic E-state index is -1.11. The highest BCUT2D eigenvalue weighted by Gasteiger charge is 2.09. The topological polar surface area (TPSA) is 53.0 Å². The maximum atomic E-state index is 11.1. The molecule has 0 unspecified atom stereocenters. The molecule has 0 saturated heterocycles. The molecule has 0 aliphatic heterocycles. The monoisotopic (exact) mass is 372 g/mol. The number of halogens is 1. The van der Waals surface area contributed by atoms with Gasteiger partial charge in [0.15, 0.2) is 0 Å². The van der Waals surface area contributed by atoms with E-state index < -0.39 is 5.97 Å². The summed E-state index contributed by atoms with van der Waals surface area (Å²) in [5.41, 5.74) is 2.45. The highest BCUT2D eigenvalue weighted by Crippen LogP contribution is 2.30. The second kappa shape index (κ2) is 6.42. The summed E-state index contributed by atoms with van der Waals surface area (Å²) in [5, 5.41) is 11.8. The molecule has 3 rings (SSSR count). The zero-order chi connectivity index (χ0) is 15.5. The first-order chi connectivity index (χ1) is 10.6. The minimum Gasteiger partial charge on any atom is -0.550 e. The minimum absolute atomic E-state index is 0.160. The Hall–Kier alpha value is -1.98. The van der Waals surface area contributed by atoms with E-state index in [0.717, 1.165) is 20.3 Å². The first-order valence-corrected chi connectivity index (χ1v) is 8.25. The van der Waals surface area contributed by atoms with E-state index in [1.54, 1.807) is 0 Å². The van der Waals surface area contributed by atoms with Gasteiger partial charge in [0, 0.05) is 16.9 Å². The Morgan fingerprint density at radius 3 is 2.77 bits per heavy atom. The number of para-hydroxylation sites is 1. The Bertz CT molecular complexity index is 837. The Kier molecular flexibility index (Phi) is 4.36. The van der Waals surface area contributed by atoms with E-state index in [4.69, 9.17) is 0 Å². The van der Waals surface area contributed by atoms with Gasteiger partial charge in [0.1, 0.15) is 5.01 Å². The lowest BCUT2D eigenvalue weighted by Crippen LogP contribution is -2.22. The van der Waals surface area contributed by atoms with Gasteiger partial charge in [-0.3, -0.25) is 0 Å². The molecule has 1 aromatic heterocycles. The van der Waals surface area contributed by atoms with Crippen molar-refractivity contribution >= 4 is 55.1 Å². The van der Waals surface area contributed by atoms with Crippen molar-refractivity contribution in [2.75, 3.05) is 0 Å². The van der Waals surface area contributed by atoms with Crippen LogP contribution in [0.3, 0.4) is 0 Å². The molecular weight excluding hydrogens is 362 g/mol. The summed E-state index contributed by atoms with van der Waals surface area (Å²) in [6.45, 7) is 0. The maximum Gasteiger partial charge on any atom is 0.120 e. The van der Waals surface area contributed by atoms with Crippen LogP contribution in [0.1, 0.15) is 17.0 Å². The molecular formula is C17H11BrNO2S-. The average Bonchev–Trinajstić information content (AvgIpc) is 2.90. The molecule has 0 fully saturated rings. The molecule has 2 aromatic carbocycles. The van der Waals surface area contributed by atoms with E-state index in [2.05, 4.69) is 20.9 Å². The van der Waals surface area contributed by atoms with E-state index in [0.29, 0.717) is 10.6 Å². The number of carboxylic acids is 1. The first-order valence-electron chi connectivity index (χ1n) is 6.64. The second-order valence-electron chi connectivity index (χ2n) is 4.76. The first kappa shape index (κ1) is 14.9. The third-order valence-corrected chi connectivity index (χ3v) is 4.70. The highest BCUT2D eigenvalue weighted by molar-refractivity contribution is 9.10. The molecule has 0 radical (unpaired) electrons. The van der Waals surface area contributed by atoms with E-state index in [1.165, 1.54) is 11.3 Å². The fraction of sp³-hybridized carbons (Fsp3) is 0.0588. The zero-order valence-corrected chi connectivity index (χ0v) is 13.9. The van der Waals surface area contributed by atoms with Crippen molar-refractivity contribution in [3.63, 3.8) is 0 Å². The molecule has 0 amide bonds. The molecule has 0 aliphatic carbocycles. The van der Waals surface area contributed by atoms with Gasteiger partial charge in [0.25, 0.3) is 0 Å². The van der Waals surface area contributed by atoms with Crippen molar-refractivity contribution in [2.24, 2.45) is 0 Å². The fourth-order valence-electron chi connectivity index (χ4n) is 2.15. The number of carboxylic acid groups (broad SMARTS) is 1. The van der Waals surface area contributed by atoms with Gasteiger partial charge >= 0.3 is 0 Å². The number of fused-ring (bicyclic) bond motifs is 1. The van der Waals surface area contributed by atoms with Gasteiger partial charge in [0.2, 0.25) is 0 Å². The van der Waals surface area contributed by atoms with Crippen molar-refractivity contribution in [2.45, 2.75) is 6.42 Å². The van der Waals surface area contributed by atoms with Crippen LogP contribution >= 0.6 is 27.3 Å². The van der Waals surface area contributed by atoms with Crippen LogP contribution < -0.4 is 5.11 Å². The summed E-state index contributed by atoms with van der Waals surface area (Å²) in [6, 6.07) is 15.5. The maximum absolute atomic E-state index is 11.1. The molecule has 0 aliphatic rings. The summed E-state index contributed by atoms with van der Waals surface area (Å²) < 4.78 is 1.98. The summed E-state index contributed by atoms with van der Waals surface area (Å²) in [4.78, 5) is 15.6. The second-order valence-corrected chi connectivity index (χ2v) is 6.71. The predicted octanol–water partition coefficient (Wildman–Crippen LogP) is 3.74. The van der Waals surface area contributed by atoms with Crippen LogP contribution in [-0.4, -0.2) is 11.0 Å². The van der Waals surface area contributed by atoms with Gasteiger partial charge in [-0.25, -0.2) is 4.98 Å². The summed E-state index contributed by atoms with van der Waals surface area (Å²) in [6.07, 6.45) is 1.69. The summed E-state index contributed by atoms with van der Waals surface area (Å²) in [5.74, 6) is -1.11. The number of aliphatic carboxylic acids is 1. The number of aromatic nitrogens is 1. The smallest absolute Gasteiger partial charge is 0.120 e. The molecule has 0 N–H and O–H groups in total. The van der Waals surface area contributed by atoms with Gasteiger partial charge in [-0.2, -0.15) is 0 Å². The number of benzene rings is 2. The number of rotatable bonds is 4. The van der Waals surface area contributed by atoms with Crippen molar-refractivity contribution < 1.29 is 9.90 Å². The zero-order valence-electron chi connectivity index (χ0n) is 11.5. The Labute approximate surface area is 140 Å². The number of hydrogen-bond donors (Lipinski definition) is 0. The number of nitrogens with zero attached hydrogens (tertiary/aromatic N) is 1. The van der Waals surface area contributed by atoms with Gasteiger partial charge in [0.05, 0.1) is 10.2 Å². The third-order valence-electron chi connectivity index (χ3n) is 3.09. The SMILES string of the molecule is O=C([O-])C/C(=C\c1cccc(Br)c1)c1nc2ccccc2s1. The molecule has 0 atom stereocenters. The van der Waals surface area contributed by atoms with Crippen LogP contribution in [0.2, 0.25) is 0 Å². The summed E-state index contributed by atoms with van der Waals surface area (Å²) >= 11 is 4.90. The van der Waals surface area contributed by atoms with Crippen molar-refractivity contribution in [1.82, 2.24) is 4.98 Å². The Morgan fingerprint density at radius 1 is 1.23 bits per heavy atom. The standard InChI is InChI=1S/C17H12BrNO2S/c18-13-5-3-4-11(9-13)8-12(10-16(20)21)17-19-14-6-1-2-7-15(14)22-17/h1-9H,10H2,(H,20,21)/p-1/b12-8+. The lowest BCUT2D eigenvalue weighted by Gasteiger charge is -2.06. The Morgan fingerprint density at radius 2 is 2.05 bits per heavy atom. The molecule has 3 aromatic rings. The molecule has 0 bridgehead atoms. The third kappa shape index (κ3) is 3.43. The molecule has 22 heavy (non-hydrogen) atoms. The van der Waals surface area contributed by atoms with Crippen molar-refractivity contribution in [3.05, 3.63) is 63.6 Å². The van der Waals surface area contributed by atoms with Crippen molar-refractivity contribution in [1.29, 1.82) is 0 Å². The van der Waals surface area contributed by atoms with Crippen LogP contribution in [0, 0.1) is 0 Å². The quantitative estimate of drug-likeness (QED) is 0.700. The van der Waals surface area contributed by atoms with Gasteiger partial charge in [-0.15, -0.1) is 11.3 Å². The number of thiazole rings is 1. The van der Waals surface area contributed by atoms with E-state index in [9.17, 15) is 9.90 Å². The van der Waals surface area contributed by atoms with Crippen LogP contribution in [0.15, 0.2) is 53.0 Å². The van der Waals surface area contributed by atoms with Crippen molar-refractivity contribution in [3.8, 4) is 0 Å². The van der Waals surface area contributed by atoms with Crippen LogP contribution in [0.25, 0.3) is 21.9 Å². The lowest BCUT2D eigenvalue weighted by atomic mass is 10.1. The van der Waals surface area contributed by atoms with Gasteiger partial charge in [-0.1, -0.05) is 40.2 Å². The average molecular weight is 373 g/mol. The van der Waals surface area contributed by atoms with E-state index in [1.807, 2.05) is 54.6 Å². The molecule has 1 heterocycles. The van der Waals surface area contributed by atoms with Crippen LogP contribution in [-0.2, 0) is 4.79 Å². The van der Waals surface area contributed by atoms with E-state index in [-0.39, 0.29) is 6.42 Å². The lowest BCUT2D eigenvalue weighted by molar-refractivity contribution is -0.304. The fourth-order valence-corrected chi connectivity index (χ4v) is 3.55. The largest absolute Gasteiger partial charge is 0.550 e. The Balaban J connectivity index is 2.07. The van der Waals surface area contributed by atoms with Gasteiger partial charge in [-0.05, 0) is 41.5 Å². The number of carbonyl (C=O) groups is 1. The summed E-state index contributed by atoms with van der Waals surface area (Å²) in [7, 11) is 0.